The molecular formula is C22H20F2N2O2S. The molecule has 0 aliphatic rings. The molecule has 0 saturated heterocycles. The van der Waals surface area contributed by atoms with Gasteiger partial charge in [0.25, 0.3) is 5.91 Å². The maximum Gasteiger partial charge on any atom is 0.257 e. The quantitative estimate of drug-likeness (QED) is 0.491. The fourth-order valence-corrected chi connectivity index (χ4v) is 3.02. The topological polar surface area (TPSA) is 51.2 Å². The molecule has 3 rings (SSSR count). The summed E-state index contributed by atoms with van der Waals surface area (Å²) in [5.41, 5.74) is 0.795. The molecule has 2 aromatic carbocycles. The number of anilines is 1. The number of nitrogens with zero attached hydrogens (tertiary/aromatic N) is 1. The fraction of sp³-hybridized carbons (Fsp3) is 0.182. The molecule has 3 aromatic rings. The number of thiazole rings is 1. The maximum absolute atomic E-state index is 13.9. The number of aromatic nitrogens is 1. The molecule has 1 amide bonds. The van der Waals surface area contributed by atoms with Crippen molar-refractivity contribution in [2.24, 2.45) is 5.92 Å². The van der Waals surface area contributed by atoms with Gasteiger partial charge in [-0.2, -0.15) is 0 Å². The van der Waals surface area contributed by atoms with E-state index < -0.39 is 11.6 Å². The van der Waals surface area contributed by atoms with Crippen molar-refractivity contribution >= 4 is 34.5 Å². The minimum Gasteiger partial charge on any atom is -0.493 e. The largest absolute Gasteiger partial charge is 0.493 e. The highest BCUT2D eigenvalue weighted by molar-refractivity contribution is 7.13. The molecule has 0 saturated carbocycles. The minimum absolute atomic E-state index is 0.144. The molecule has 0 atom stereocenters. The fourth-order valence-electron chi connectivity index (χ4n) is 2.50. The van der Waals surface area contributed by atoms with Crippen molar-refractivity contribution in [3.8, 4) is 5.75 Å². The lowest BCUT2D eigenvalue weighted by molar-refractivity contribution is 0.102. The first-order valence-electron chi connectivity index (χ1n) is 9.03. The van der Waals surface area contributed by atoms with Gasteiger partial charge in [-0.25, -0.2) is 13.8 Å². The number of rotatable bonds is 7. The van der Waals surface area contributed by atoms with E-state index in [2.05, 4.69) is 10.3 Å². The van der Waals surface area contributed by atoms with Crippen LogP contribution in [0.5, 0.6) is 5.75 Å². The van der Waals surface area contributed by atoms with Gasteiger partial charge in [-0.1, -0.05) is 26.0 Å². The van der Waals surface area contributed by atoms with Crippen LogP contribution in [0.4, 0.5) is 13.9 Å². The summed E-state index contributed by atoms with van der Waals surface area (Å²) in [6.45, 7) is 4.50. The second-order valence-corrected chi connectivity index (χ2v) is 7.65. The molecule has 29 heavy (non-hydrogen) atoms. The molecule has 0 bridgehead atoms. The predicted octanol–water partition coefficient (Wildman–Crippen LogP) is 5.88. The summed E-state index contributed by atoms with van der Waals surface area (Å²) < 4.78 is 33.5. The minimum atomic E-state index is -0.657. The van der Waals surface area contributed by atoms with Gasteiger partial charge in [-0.05, 0) is 47.9 Å². The Bertz CT molecular complexity index is 997. The van der Waals surface area contributed by atoms with Crippen LogP contribution >= 0.6 is 11.3 Å². The second kappa shape index (κ2) is 9.43. The Hall–Kier alpha value is -3.06. The van der Waals surface area contributed by atoms with Crippen LogP contribution in [0.25, 0.3) is 12.2 Å². The van der Waals surface area contributed by atoms with E-state index in [9.17, 15) is 13.6 Å². The first-order valence-corrected chi connectivity index (χ1v) is 9.91. The van der Waals surface area contributed by atoms with E-state index in [0.717, 1.165) is 0 Å². The number of carbonyl (C=O) groups is 1. The lowest BCUT2D eigenvalue weighted by atomic mass is 10.1. The normalized spacial score (nSPS) is 11.2. The molecule has 0 aliphatic heterocycles. The van der Waals surface area contributed by atoms with Crippen LogP contribution in [-0.2, 0) is 0 Å². The van der Waals surface area contributed by atoms with Crippen LogP contribution in [0, 0.1) is 17.6 Å². The number of amides is 1. The van der Waals surface area contributed by atoms with Gasteiger partial charge in [0.15, 0.2) is 5.13 Å². The van der Waals surface area contributed by atoms with Gasteiger partial charge in [-0.3, -0.25) is 10.1 Å². The number of ether oxygens (including phenoxy) is 1. The molecule has 0 fully saturated rings. The number of nitrogens with one attached hydrogen (secondary N) is 1. The lowest BCUT2D eigenvalue weighted by Gasteiger charge is -2.11. The van der Waals surface area contributed by atoms with Crippen molar-refractivity contribution in [3.05, 3.63) is 76.3 Å². The van der Waals surface area contributed by atoms with Crippen LogP contribution in [0.1, 0.15) is 35.3 Å². The third kappa shape index (κ3) is 5.71. The standard InChI is InChI=1S/C22H20F2N2O2S/c1-14(2)13-28-17-11-15(6-7-18-19(23)4-3-5-20(18)24)10-16(12-17)21(27)26-22-25-8-9-29-22/h3-12,14H,13H2,1-2H3,(H,25,26,27)/b7-6+. The van der Waals surface area contributed by atoms with E-state index in [0.29, 0.717) is 34.5 Å². The molecule has 0 radical (unpaired) electrons. The van der Waals surface area contributed by atoms with Crippen LogP contribution < -0.4 is 10.1 Å². The number of halogens is 2. The summed E-state index contributed by atoms with van der Waals surface area (Å²) >= 11 is 1.31. The van der Waals surface area contributed by atoms with E-state index in [1.807, 2.05) is 13.8 Å². The highest BCUT2D eigenvalue weighted by atomic mass is 32.1. The number of benzene rings is 2. The molecule has 1 aromatic heterocycles. The van der Waals surface area contributed by atoms with Crippen molar-refractivity contribution in [1.29, 1.82) is 0 Å². The molecule has 0 aliphatic carbocycles. The molecule has 1 N–H and O–H groups in total. The van der Waals surface area contributed by atoms with E-state index >= 15 is 0 Å². The van der Waals surface area contributed by atoms with Crippen molar-refractivity contribution in [1.82, 2.24) is 4.98 Å². The zero-order chi connectivity index (χ0) is 20.8. The van der Waals surface area contributed by atoms with Gasteiger partial charge in [0, 0.05) is 22.7 Å². The Morgan fingerprint density at radius 2 is 1.97 bits per heavy atom. The first kappa shape index (κ1) is 20.7. The SMILES string of the molecule is CC(C)COc1cc(/C=C/c2c(F)cccc2F)cc(C(=O)Nc2nccs2)c1. The van der Waals surface area contributed by atoms with Gasteiger partial charge in [0.2, 0.25) is 0 Å². The van der Waals surface area contributed by atoms with Crippen LogP contribution in [0.2, 0.25) is 0 Å². The number of carbonyl (C=O) groups excluding carboxylic acids is 1. The third-order valence-corrected chi connectivity index (χ3v) is 4.56. The van der Waals surface area contributed by atoms with Crippen molar-refractivity contribution < 1.29 is 18.3 Å². The third-order valence-electron chi connectivity index (χ3n) is 3.87. The van der Waals surface area contributed by atoms with Crippen molar-refractivity contribution in [2.45, 2.75) is 13.8 Å². The lowest BCUT2D eigenvalue weighted by Crippen LogP contribution is -2.12. The molecule has 0 spiro atoms. The summed E-state index contributed by atoms with van der Waals surface area (Å²) in [5, 5.41) is 4.96. The van der Waals surface area contributed by atoms with E-state index in [4.69, 9.17) is 4.74 Å². The van der Waals surface area contributed by atoms with Gasteiger partial charge >= 0.3 is 0 Å². The summed E-state index contributed by atoms with van der Waals surface area (Å²) in [5.74, 6) is -0.861. The van der Waals surface area contributed by atoms with Crippen LogP contribution in [0.3, 0.4) is 0 Å². The Morgan fingerprint density at radius 3 is 2.62 bits per heavy atom. The zero-order valence-electron chi connectivity index (χ0n) is 16.0. The number of hydrogen-bond acceptors (Lipinski definition) is 4. The highest BCUT2D eigenvalue weighted by Crippen LogP contribution is 2.23. The smallest absolute Gasteiger partial charge is 0.257 e. The molecule has 150 valence electrons. The number of hydrogen-bond donors (Lipinski definition) is 1. The second-order valence-electron chi connectivity index (χ2n) is 6.76. The van der Waals surface area contributed by atoms with Crippen molar-refractivity contribution in [3.63, 3.8) is 0 Å². The Labute approximate surface area is 171 Å². The predicted molar refractivity (Wildman–Crippen MR) is 112 cm³/mol. The average Bonchev–Trinajstić information content (AvgIpc) is 3.19. The summed E-state index contributed by atoms with van der Waals surface area (Å²) in [6, 6.07) is 8.67. The molecule has 0 unspecified atom stereocenters. The summed E-state index contributed by atoms with van der Waals surface area (Å²) in [7, 11) is 0. The molecule has 7 heteroatoms. The molecule has 4 nitrogen and oxygen atoms in total. The maximum atomic E-state index is 13.9. The monoisotopic (exact) mass is 414 g/mol. The van der Waals surface area contributed by atoms with Crippen LogP contribution in [-0.4, -0.2) is 17.5 Å². The van der Waals surface area contributed by atoms with Gasteiger partial charge < -0.3 is 4.74 Å². The zero-order valence-corrected chi connectivity index (χ0v) is 16.8. The summed E-state index contributed by atoms with van der Waals surface area (Å²) in [4.78, 5) is 16.6. The van der Waals surface area contributed by atoms with Gasteiger partial charge in [0.1, 0.15) is 17.4 Å². The van der Waals surface area contributed by atoms with E-state index in [-0.39, 0.29) is 11.5 Å². The van der Waals surface area contributed by atoms with Gasteiger partial charge in [0.05, 0.1) is 6.61 Å². The van der Waals surface area contributed by atoms with Crippen LogP contribution in [0.15, 0.2) is 48.0 Å². The Balaban J connectivity index is 1.91. The average molecular weight is 414 g/mol. The molecule has 1 heterocycles. The molecular weight excluding hydrogens is 394 g/mol. The van der Waals surface area contributed by atoms with Crippen molar-refractivity contribution in [2.75, 3.05) is 11.9 Å². The Kier molecular flexibility index (Phi) is 6.72. The summed E-state index contributed by atoms with van der Waals surface area (Å²) in [6.07, 6.45) is 4.48. The van der Waals surface area contributed by atoms with E-state index in [1.54, 1.807) is 35.9 Å². The highest BCUT2D eigenvalue weighted by Gasteiger charge is 2.12. The van der Waals surface area contributed by atoms with Gasteiger partial charge in [-0.15, -0.1) is 11.3 Å². The first-order chi connectivity index (χ1) is 13.9. The Morgan fingerprint density at radius 1 is 1.21 bits per heavy atom. The van der Waals surface area contributed by atoms with E-state index in [1.165, 1.54) is 35.6 Å².